The first-order valence-corrected chi connectivity index (χ1v) is 4.43. The Morgan fingerprint density at radius 3 is 2.46 bits per heavy atom. The van der Waals surface area contributed by atoms with Crippen LogP contribution >= 0.6 is 0 Å². The Morgan fingerprint density at radius 2 is 1.85 bits per heavy atom. The molecule has 13 heavy (non-hydrogen) atoms. The van der Waals surface area contributed by atoms with E-state index in [-0.39, 0.29) is 12.1 Å². The summed E-state index contributed by atoms with van der Waals surface area (Å²) >= 11 is 0. The van der Waals surface area contributed by atoms with Gasteiger partial charge in [0.05, 0.1) is 12.1 Å². The van der Waals surface area contributed by atoms with Gasteiger partial charge in [0.1, 0.15) is 0 Å². The molecule has 0 bridgehead atoms. The molecule has 1 aliphatic rings. The zero-order valence-electron chi connectivity index (χ0n) is 7.56. The summed E-state index contributed by atoms with van der Waals surface area (Å²) in [7, 11) is 0. The number of aliphatic imine (C=N–C) groups is 2. The molecule has 4 nitrogen and oxygen atoms in total. The van der Waals surface area contributed by atoms with Crippen LogP contribution in [0.2, 0.25) is 0 Å². The Kier molecular flexibility index (Phi) is 3.56. The van der Waals surface area contributed by atoms with Crippen molar-refractivity contribution in [2.45, 2.75) is 38.3 Å². The lowest BCUT2D eigenvalue weighted by molar-refractivity contribution is 0.294. The van der Waals surface area contributed by atoms with Crippen LogP contribution in [0.1, 0.15) is 26.2 Å². The van der Waals surface area contributed by atoms with Crippen LogP contribution in [-0.2, 0) is 9.59 Å². The summed E-state index contributed by atoms with van der Waals surface area (Å²) in [5, 5.41) is 0. The average molecular weight is 180 g/mol. The molecule has 3 atom stereocenters. The maximum Gasteiger partial charge on any atom is 0.235 e. The van der Waals surface area contributed by atoms with E-state index in [9.17, 15) is 9.59 Å². The van der Waals surface area contributed by atoms with Gasteiger partial charge in [-0.2, -0.15) is 4.99 Å². The molecule has 0 saturated heterocycles. The van der Waals surface area contributed by atoms with Gasteiger partial charge in [0.15, 0.2) is 0 Å². The molecule has 0 aromatic rings. The number of carbonyl (C=O) groups excluding carboxylic acids is 2. The molecular formula is C9H12N2O2. The lowest BCUT2D eigenvalue weighted by Crippen LogP contribution is -2.33. The first kappa shape index (κ1) is 9.85. The average Bonchev–Trinajstić information content (AvgIpc) is 2.11. The Morgan fingerprint density at radius 1 is 1.15 bits per heavy atom. The molecule has 3 unspecified atom stereocenters. The number of nitrogens with zero attached hydrogens (tertiary/aromatic N) is 2. The fourth-order valence-electron chi connectivity index (χ4n) is 1.85. The van der Waals surface area contributed by atoms with Gasteiger partial charge in [-0.15, -0.1) is 0 Å². The second-order valence-electron chi connectivity index (χ2n) is 3.41. The van der Waals surface area contributed by atoms with Crippen LogP contribution < -0.4 is 0 Å². The standard InChI is InChI=1S/C9H12N2O2/c1-7-3-2-4-8(10-5-12)9(7)11-6-13/h7-9H,2-4H2,1H3. The van der Waals surface area contributed by atoms with Crippen LogP contribution in [0.5, 0.6) is 0 Å². The summed E-state index contributed by atoms with van der Waals surface area (Å²) in [6, 6.07) is -0.338. The fraction of sp³-hybridized carbons (Fsp3) is 0.778. The van der Waals surface area contributed by atoms with Crippen LogP contribution in [0, 0.1) is 5.92 Å². The predicted octanol–water partition coefficient (Wildman–Crippen LogP) is 1.22. The van der Waals surface area contributed by atoms with Crippen LogP contribution in [-0.4, -0.2) is 24.2 Å². The van der Waals surface area contributed by atoms with Crippen molar-refractivity contribution in [1.82, 2.24) is 0 Å². The summed E-state index contributed by atoms with van der Waals surface area (Å²) in [5.41, 5.74) is 0. The Hall–Kier alpha value is -1.24. The van der Waals surface area contributed by atoms with Crippen molar-refractivity contribution in [2.75, 3.05) is 0 Å². The molecule has 0 radical (unpaired) electrons. The molecule has 1 aliphatic carbocycles. The first-order chi connectivity index (χ1) is 6.29. The van der Waals surface area contributed by atoms with E-state index in [0.29, 0.717) is 5.92 Å². The maximum absolute atomic E-state index is 10.1. The molecule has 0 aliphatic heterocycles. The van der Waals surface area contributed by atoms with Gasteiger partial charge in [-0.1, -0.05) is 13.3 Å². The topological polar surface area (TPSA) is 58.9 Å². The molecule has 70 valence electrons. The molecule has 1 rings (SSSR count). The third-order valence-corrected chi connectivity index (χ3v) is 2.56. The molecule has 0 aromatic carbocycles. The van der Waals surface area contributed by atoms with E-state index in [1.165, 1.54) is 6.08 Å². The highest BCUT2D eigenvalue weighted by molar-refractivity contribution is 5.36. The SMILES string of the molecule is CC1CCCC(N=C=O)C1N=C=O. The summed E-state index contributed by atoms with van der Waals surface area (Å²) in [6.07, 6.45) is 5.95. The van der Waals surface area contributed by atoms with Crippen LogP contribution in [0.3, 0.4) is 0 Å². The highest BCUT2D eigenvalue weighted by Gasteiger charge is 2.30. The van der Waals surface area contributed by atoms with Crippen LogP contribution in [0.4, 0.5) is 0 Å². The van der Waals surface area contributed by atoms with Gasteiger partial charge >= 0.3 is 0 Å². The summed E-state index contributed by atoms with van der Waals surface area (Å²) in [6.45, 7) is 2.01. The van der Waals surface area contributed by atoms with Gasteiger partial charge in [0, 0.05) is 0 Å². The van der Waals surface area contributed by atoms with E-state index in [2.05, 4.69) is 9.98 Å². The molecule has 0 spiro atoms. The van der Waals surface area contributed by atoms with Crippen molar-refractivity contribution in [3.8, 4) is 0 Å². The van der Waals surface area contributed by atoms with Crippen molar-refractivity contribution >= 4 is 12.2 Å². The predicted molar refractivity (Wildman–Crippen MR) is 46.8 cm³/mol. The molecule has 0 N–H and O–H groups in total. The molecular weight excluding hydrogens is 168 g/mol. The van der Waals surface area contributed by atoms with Gasteiger partial charge in [0.2, 0.25) is 12.2 Å². The minimum absolute atomic E-state index is 0.164. The minimum atomic E-state index is -0.173. The van der Waals surface area contributed by atoms with Gasteiger partial charge in [-0.3, -0.25) is 0 Å². The third kappa shape index (κ3) is 2.35. The number of isocyanates is 2. The zero-order valence-corrected chi connectivity index (χ0v) is 7.56. The second-order valence-corrected chi connectivity index (χ2v) is 3.41. The highest BCUT2D eigenvalue weighted by Crippen LogP contribution is 2.28. The van der Waals surface area contributed by atoms with Crippen molar-refractivity contribution < 1.29 is 9.59 Å². The summed E-state index contributed by atoms with van der Waals surface area (Å²) in [5.74, 6) is 0.303. The molecule has 0 amide bonds. The van der Waals surface area contributed by atoms with E-state index in [4.69, 9.17) is 0 Å². The molecule has 1 fully saturated rings. The van der Waals surface area contributed by atoms with Gasteiger partial charge < -0.3 is 0 Å². The van der Waals surface area contributed by atoms with Crippen molar-refractivity contribution in [1.29, 1.82) is 0 Å². The molecule has 4 heteroatoms. The lowest BCUT2D eigenvalue weighted by atomic mass is 9.83. The normalized spacial score (nSPS) is 32.8. The van der Waals surface area contributed by atoms with Crippen molar-refractivity contribution in [3.05, 3.63) is 0 Å². The van der Waals surface area contributed by atoms with E-state index < -0.39 is 0 Å². The van der Waals surface area contributed by atoms with Gasteiger partial charge in [-0.25, -0.2) is 14.6 Å². The molecule has 1 saturated carbocycles. The monoisotopic (exact) mass is 180 g/mol. The minimum Gasteiger partial charge on any atom is -0.211 e. The summed E-state index contributed by atoms with van der Waals surface area (Å²) < 4.78 is 0. The molecule has 0 aromatic heterocycles. The Bertz CT molecular complexity index is 265. The van der Waals surface area contributed by atoms with E-state index in [1.807, 2.05) is 6.92 Å². The maximum atomic E-state index is 10.1. The molecule has 0 heterocycles. The van der Waals surface area contributed by atoms with Crippen molar-refractivity contribution in [3.63, 3.8) is 0 Å². The van der Waals surface area contributed by atoms with E-state index >= 15 is 0 Å². The van der Waals surface area contributed by atoms with Crippen LogP contribution in [0.15, 0.2) is 9.98 Å². The zero-order chi connectivity index (χ0) is 9.68. The number of hydrogen-bond donors (Lipinski definition) is 0. The Balaban J connectivity index is 2.78. The summed E-state index contributed by atoms with van der Waals surface area (Å²) in [4.78, 5) is 27.6. The number of hydrogen-bond acceptors (Lipinski definition) is 4. The van der Waals surface area contributed by atoms with E-state index in [0.717, 1.165) is 19.3 Å². The van der Waals surface area contributed by atoms with Gasteiger partial charge in [-0.05, 0) is 18.8 Å². The Labute approximate surface area is 76.8 Å². The van der Waals surface area contributed by atoms with E-state index in [1.54, 1.807) is 6.08 Å². The van der Waals surface area contributed by atoms with Gasteiger partial charge in [0.25, 0.3) is 0 Å². The fourth-order valence-corrected chi connectivity index (χ4v) is 1.85. The third-order valence-electron chi connectivity index (χ3n) is 2.56. The first-order valence-electron chi connectivity index (χ1n) is 4.43. The highest BCUT2D eigenvalue weighted by atomic mass is 16.1. The van der Waals surface area contributed by atoms with Crippen molar-refractivity contribution in [2.24, 2.45) is 15.9 Å². The second kappa shape index (κ2) is 4.70. The quantitative estimate of drug-likeness (QED) is 0.473. The number of rotatable bonds is 2. The lowest BCUT2D eigenvalue weighted by Gasteiger charge is -2.28. The van der Waals surface area contributed by atoms with Crippen LogP contribution in [0.25, 0.3) is 0 Å². The smallest absolute Gasteiger partial charge is 0.211 e. The largest absolute Gasteiger partial charge is 0.235 e.